The molecule has 0 unspecified atom stereocenters. The monoisotopic (exact) mass is 486 g/mol. The first-order valence-corrected chi connectivity index (χ1v) is 11.2. The first kappa shape index (κ1) is 23.7. The second-order valence-electron chi connectivity index (χ2n) is 7.01. The highest BCUT2D eigenvalue weighted by Gasteiger charge is 2.23. The molecule has 0 radical (unpaired) electrons. The van der Waals surface area contributed by atoms with E-state index in [4.69, 9.17) is 11.6 Å². The first-order valence-electron chi connectivity index (χ1n) is 9.35. The average Bonchev–Trinajstić information content (AvgIpc) is 3.21. The first-order chi connectivity index (χ1) is 15.2. The van der Waals surface area contributed by atoms with Crippen molar-refractivity contribution < 1.29 is 21.7 Å². The number of sulfonamides is 1. The summed E-state index contributed by atoms with van der Waals surface area (Å²) in [6.45, 7) is 1.58. The van der Waals surface area contributed by atoms with Gasteiger partial charge in [-0.15, -0.1) is 0 Å². The van der Waals surface area contributed by atoms with Gasteiger partial charge in [0.1, 0.15) is 16.5 Å². The summed E-state index contributed by atoms with van der Waals surface area (Å²) in [5.41, 5.74) is 1.31. The maximum atomic E-state index is 14.6. The van der Waals surface area contributed by atoms with Gasteiger partial charge >= 0.3 is 0 Å². The summed E-state index contributed by atoms with van der Waals surface area (Å²) in [6.07, 6.45) is 0.891. The van der Waals surface area contributed by atoms with Crippen LogP contribution in [0.15, 0.2) is 46.1 Å². The number of benzene rings is 2. The summed E-state index contributed by atoms with van der Waals surface area (Å²) >= 11 is 6.07. The van der Waals surface area contributed by atoms with Crippen LogP contribution in [-0.4, -0.2) is 50.6 Å². The Kier molecular flexibility index (Phi) is 7.48. The molecule has 3 N–H and O–H groups in total. The fourth-order valence-corrected chi connectivity index (χ4v) is 3.92. The highest BCUT2D eigenvalue weighted by molar-refractivity contribution is 7.92. The van der Waals surface area contributed by atoms with Gasteiger partial charge in [0, 0.05) is 36.4 Å². The zero-order valence-electron chi connectivity index (χ0n) is 17.2. The molecule has 3 rings (SSSR count). The molecule has 0 aliphatic rings. The number of halogens is 3. The van der Waals surface area contributed by atoms with Gasteiger partial charge in [-0.2, -0.15) is 4.98 Å². The normalized spacial score (nSPS) is 11.6. The van der Waals surface area contributed by atoms with Crippen molar-refractivity contribution in [3.63, 3.8) is 0 Å². The molecule has 0 saturated heterocycles. The minimum Gasteiger partial charge on any atom is -0.383 e. The topological polar surface area (TPSA) is 112 Å². The SMILES string of the molecule is CN(C)CCNc1cc(Cl)ccc1CNc1cc(F)c(S(=O)(=O)Nc2ncon2)cc1F. The summed E-state index contributed by atoms with van der Waals surface area (Å²) in [5.74, 6) is -2.50. The van der Waals surface area contributed by atoms with Gasteiger partial charge in [0.2, 0.25) is 6.39 Å². The maximum Gasteiger partial charge on any atom is 0.277 e. The summed E-state index contributed by atoms with van der Waals surface area (Å²) in [6, 6.07) is 6.54. The summed E-state index contributed by atoms with van der Waals surface area (Å²) in [7, 11) is -0.565. The molecule has 0 bridgehead atoms. The molecular formula is C19H21ClF2N6O3S. The molecule has 172 valence electrons. The standard InChI is InChI=1S/C19H21ClF2N6O3S/c1-28(2)6-5-23-16-7-13(20)4-3-12(16)10-24-17-8-15(22)18(9-14(17)21)32(29,30)27-19-25-11-31-26-19/h3-4,7-9,11,23-24H,5-6,10H2,1-2H3,(H,26,27). The van der Waals surface area contributed by atoms with E-state index in [1.807, 2.05) is 23.7 Å². The predicted molar refractivity (Wildman–Crippen MR) is 117 cm³/mol. The van der Waals surface area contributed by atoms with Crippen molar-refractivity contribution in [1.29, 1.82) is 0 Å². The molecule has 0 spiro atoms. The number of hydrogen-bond donors (Lipinski definition) is 3. The molecule has 0 amide bonds. The van der Waals surface area contributed by atoms with Crippen LogP contribution in [0.5, 0.6) is 0 Å². The lowest BCUT2D eigenvalue weighted by Gasteiger charge is -2.16. The third kappa shape index (κ3) is 6.05. The van der Waals surface area contributed by atoms with Crippen molar-refractivity contribution in [3.8, 4) is 0 Å². The van der Waals surface area contributed by atoms with E-state index in [1.165, 1.54) is 0 Å². The van der Waals surface area contributed by atoms with Gasteiger partial charge in [-0.05, 0) is 43.0 Å². The highest BCUT2D eigenvalue weighted by atomic mass is 35.5. The van der Waals surface area contributed by atoms with Gasteiger partial charge in [-0.25, -0.2) is 21.9 Å². The van der Waals surface area contributed by atoms with Crippen molar-refractivity contribution in [3.05, 3.63) is 58.9 Å². The molecule has 0 aliphatic carbocycles. The van der Waals surface area contributed by atoms with Crippen LogP contribution in [0, 0.1) is 11.6 Å². The summed E-state index contributed by atoms with van der Waals surface area (Å²) < 4.78 is 60.0. The number of hydrogen-bond acceptors (Lipinski definition) is 8. The Morgan fingerprint density at radius 3 is 2.56 bits per heavy atom. The number of rotatable bonds is 10. The van der Waals surface area contributed by atoms with E-state index in [1.54, 1.807) is 18.2 Å². The van der Waals surface area contributed by atoms with Crippen LogP contribution in [-0.2, 0) is 16.6 Å². The van der Waals surface area contributed by atoms with Crippen LogP contribution in [0.2, 0.25) is 5.02 Å². The van der Waals surface area contributed by atoms with Crippen LogP contribution >= 0.6 is 11.6 Å². The fraction of sp³-hybridized carbons (Fsp3) is 0.263. The zero-order valence-corrected chi connectivity index (χ0v) is 18.8. The molecular weight excluding hydrogens is 466 g/mol. The van der Waals surface area contributed by atoms with Crippen LogP contribution < -0.4 is 15.4 Å². The quantitative estimate of drug-likeness (QED) is 0.400. The second kappa shape index (κ2) is 10.1. The molecule has 1 aromatic heterocycles. The van der Waals surface area contributed by atoms with Gasteiger partial charge in [0.25, 0.3) is 16.0 Å². The molecule has 2 aromatic carbocycles. The minimum atomic E-state index is -4.46. The Labute approximate surface area is 188 Å². The van der Waals surface area contributed by atoms with Crippen LogP contribution in [0.3, 0.4) is 0 Å². The maximum absolute atomic E-state index is 14.6. The van der Waals surface area contributed by atoms with E-state index in [9.17, 15) is 17.2 Å². The van der Waals surface area contributed by atoms with Gasteiger partial charge in [-0.3, -0.25) is 0 Å². The van der Waals surface area contributed by atoms with Crippen molar-refractivity contribution in [1.82, 2.24) is 15.0 Å². The Balaban J connectivity index is 1.76. The Morgan fingerprint density at radius 2 is 1.88 bits per heavy atom. The van der Waals surface area contributed by atoms with E-state index >= 15 is 0 Å². The van der Waals surface area contributed by atoms with Crippen LogP contribution in [0.1, 0.15) is 5.56 Å². The molecule has 13 heteroatoms. The average molecular weight is 487 g/mol. The van der Waals surface area contributed by atoms with Crippen molar-refractivity contribution in [2.75, 3.05) is 42.5 Å². The van der Waals surface area contributed by atoms with Gasteiger partial charge < -0.3 is 20.1 Å². The van der Waals surface area contributed by atoms with Gasteiger partial charge in [-0.1, -0.05) is 17.7 Å². The lowest BCUT2D eigenvalue weighted by atomic mass is 10.1. The molecule has 32 heavy (non-hydrogen) atoms. The largest absolute Gasteiger partial charge is 0.383 e. The van der Waals surface area contributed by atoms with Crippen LogP contribution in [0.25, 0.3) is 0 Å². The summed E-state index contributed by atoms with van der Waals surface area (Å²) in [5, 5.41) is 9.86. The smallest absolute Gasteiger partial charge is 0.277 e. The molecule has 0 atom stereocenters. The van der Waals surface area contributed by atoms with E-state index in [-0.39, 0.29) is 12.2 Å². The van der Waals surface area contributed by atoms with E-state index < -0.39 is 32.5 Å². The molecule has 9 nitrogen and oxygen atoms in total. The fourth-order valence-electron chi connectivity index (χ4n) is 2.73. The highest BCUT2D eigenvalue weighted by Crippen LogP contribution is 2.26. The summed E-state index contributed by atoms with van der Waals surface area (Å²) in [4.78, 5) is 4.61. The zero-order chi connectivity index (χ0) is 23.3. The third-order valence-corrected chi connectivity index (χ3v) is 5.89. The molecule has 0 aliphatic heterocycles. The molecule has 0 fully saturated rings. The van der Waals surface area contributed by atoms with E-state index in [0.717, 1.165) is 30.3 Å². The Morgan fingerprint density at radius 1 is 1.09 bits per heavy atom. The second-order valence-corrected chi connectivity index (χ2v) is 9.10. The molecule has 0 saturated carbocycles. The van der Waals surface area contributed by atoms with Crippen molar-refractivity contribution >= 4 is 38.9 Å². The van der Waals surface area contributed by atoms with E-state index in [0.29, 0.717) is 17.6 Å². The van der Waals surface area contributed by atoms with Crippen molar-refractivity contribution in [2.24, 2.45) is 0 Å². The molecule has 3 aromatic rings. The number of nitrogens with one attached hydrogen (secondary N) is 3. The van der Waals surface area contributed by atoms with Gasteiger partial charge in [0.15, 0.2) is 0 Å². The number of likely N-dealkylation sites (N-methyl/N-ethyl adjacent to an activating group) is 1. The predicted octanol–water partition coefficient (Wildman–Crippen LogP) is 3.39. The minimum absolute atomic E-state index is 0.144. The lowest BCUT2D eigenvalue weighted by molar-refractivity contribution is 0.419. The van der Waals surface area contributed by atoms with Crippen LogP contribution in [0.4, 0.5) is 26.1 Å². The Bertz CT molecular complexity index is 1180. The number of nitrogens with zero attached hydrogens (tertiary/aromatic N) is 3. The number of aromatic nitrogens is 2. The van der Waals surface area contributed by atoms with Crippen molar-refractivity contribution in [2.45, 2.75) is 11.4 Å². The van der Waals surface area contributed by atoms with E-state index in [2.05, 4.69) is 25.3 Å². The van der Waals surface area contributed by atoms with Gasteiger partial charge in [0.05, 0.1) is 5.69 Å². The third-order valence-electron chi connectivity index (χ3n) is 4.31. The number of anilines is 3. The lowest BCUT2D eigenvalue weighted by Crippen LogP contribution is -2.21. The molecule has 1 heterocycles. The Hall–Kier alpha value is -2.96.